The van der Waals surface area contributed by atoms with E-state index in [0.717, 1.165) is 43.8 Å². The molecule has 9 heteroatoms. The van der Waals surface area contributed by atoms with Gasteiger partial charge in [0.2, 0.25) is 0 Å². The molecule has 0 aromatic carbocycles. The van der Waals surface area contributed by atoms with Crippen LogP contribution in [-0.2, 0) is 23.1 Å². The van der Waals surface area contributed by atoms with Crippen molar-refractivity contribution in [2.24, 2.45) is 18.0 Å². The Morgan fingerprint density at radius 3 is 2.73 bits per heavy atom. The highest BCUT2D eigenvalue weighted by molar-refractivity contribution is 14.0. The molecule has 1 aliphatic rings. The number of aromatic nitrogens is 3. The fourth-order valence-electron chi connectivity index (χ4n) is 2.57. The third-order valence-electron chi connectivity index (χ3n) is 4.38. The van der Waals surface area contributed by atoms with Crippen molar-refractivity contribution in [3.05, 3.63) is 11.6 Å². The number of nitrogens with one attached hydrogen (secondary N) is 2. The first-order chi connectivity index (χ1) is 12.2. The topological polar surface area (TPSA) is 85.6 Å². The maximum atomic E-state index is 5.39. The molecule has 1 unspecified atom stereocenters. The summed E-state index contributed by atoms with van der Waals surface area (Å²) in [5.74, 6) is 3.21. The highest BCUT2D eigenvalue weighted by Gasteiger charge is 2.31. The maximum absolute atomic E-state index is 5.39. The zero-order valence-electron chi connectivity index (χ0n) is 16.3. The quantitative estimate of drug-likeness (QED) is 0.217. The van der Waals surface area contributed by atoms with Crippen molar-refractivity contribution in [2.75, 3.05) is 33.5 Å². The minimum atomic E-state index is 0. The van der Waals surface area contributed by atoms with Crippen molar-refractivity contribution in [3.63, 3.8) is 0 Å². The van der Waals surface area contributed by atoms with E-state index in [4.69, 9.17) is 14.5 Å². The second-order valence-electron chi connectivity index (χ2n) is 6.41. The highest BCUT2D eigenvalue weighted by atomic mass is 127. The predicted octanol–water partition coefficient (Wildman–Crippen LogP) is 1.63. The predicted molar refractivity (Wildman–Crippen MR) is 113 cm³/mol. The summed E-state index contributed by atoms with van der Waals surface area (Å²) in [5.41, 5.74) is 0. The van der Waals surface area contributed by atoms with Crippen LogP contribution in [0.1, 0.15) is 37.8 Å². The smallest absolute Gasteiger partial charge is 0.192 e. The first-order valence-corrected chi connectivity index (χ1v) is 9.12. The summed E-state index contributed by atoms with van der Waals surface area (Å²) < 4.78 is 12.7. The number of rotatable bonds is 11. The molecule has 2 N–H and O–H groups in total. The van der Waals surface area contributed by atoms with Crippen molar-refractivity contribution in [1.82, 2.24) is 25.4 Å². The molecule has 1 fully saturated rings. The fraction of sp³-hybridized carbons (Fsp3) is 0.824. The molecule has 2 rings (SSSR count). The molecule has 1 aliphatic carbocycles. The number of hydrogen-bond acceptors (Lipinski definition) is 5. The fourth-order valence-corrected chi connectivity index (χ4v) is 2.57. The second kappa shape index (κ2) is 12.4. The molecule has 1 aromatic rings. The van der Waals surface area contributed by atoms with Gasteiger partial charge >= 0.3 is 0 Å². The van der Waals surface area contributed by atoms with Crippen LogP contribution < -0.4 is 10.6 Å². The van der Waals surface area contributed by atoms with E-state index in [-0.39, 0.29) is 24.0 Å². The molecular weight excluding hydrogens is 447 g/mol. The molecule has 1 heterocycles. The van der Waals surface area contributed by atoms with E-state index < -0.39 is 0 Å². The Labute approximate surface area is 173 Å². The molecule has 0 spiro atoms. The molecule has 26 heavy (non-hydrogen) atoms. The lowest BCUT2D eigenvalue weighted by Gasteiger charge is -2.21. The van der Waals surface area contributed by atoms with Crippen LogP contribution in [0.4, 0.5) is 0 Å². The number of hydrogen-bond donors (Lipinski definition) is 2. The minimum absolute atomic E-state index is 0. The Balaban J connectivity index is 0.00000338. The van der Waals surface area contributed by atoms with Crippen molar-refractivity contribution in [1.29, 1.82) is 0 Å². The lowest BCUT2D eigenvalue weighted by Crippen LogP contribution is -2.46. The van der Waals surface area contributed by atoms with Gasteiger partial charge < -0.3 is 24.7 Å². The van der Waals surface area contributed by atoms with Crippen LogP contribution in [0.15, 0.2) is 4.99 Å². The Bertz CT molecular complexity index is 547. The molecule has 8 nitrogen and oxygen atoms in total. The largest absolute Gasteiger partial charge is 0.383 e. The van der Waals surface area contributed by atoms with Crippen LogP contribution >= 0.6 is 24.0 Å². The van der Waals surface area contributed by atoms with Gasteiger partial charge in [-0.1, -0.05) is 0 Å². The summed E-state index contributed by atoms with van der Waals surface area (Å²) in [6.45, 7) is 7.44. The van der Waals surface area contributed by atoms with Crippen LogP contribution in [0.5, 0.6) is 0 Å². The average molecular weight is 480 g/mol. The summed E-state index contributed by atoms with van der Waals surface area (Å²) in [5, 5.41) is 15.2. The first-order valence-electron chi connectivity index (χ1n) is 9.12. The number of methoxy groups -OCH3 is 1. The summed E-state index contributed by atoms with van der Waals surface area (Å²) in [7, 11) is 3.70. The average Bonchev–Trinajstić information content (AvgIpc) is 3.40. The maximum Gasteiger partial charge on any atom is 0.192 e. The van der Waals surface area contributed by atoms with Crippen LogP contribution in [0.25, 0.3) is 0 Å². The zero-order chi connectivity index (χ0) is 18.1. The molecule has 150 valence electrons. The van der Waals surface area contributed by atoms with E-state index in [9.17, 15) is 0 Å². The SMILES string of the molecule is CCOCCCNC(=NCc1nnc(C)n1C)NC(COC)C1CC1.I. The van der Waals surface area contributed by atoms with Gasteiger partial charge in [-0.3, -0.25) is 0 Å². The van der Waals surface area contributed by atoms with Crippen LogP contribution in [0, 0.1) is 12.8 Å². The van der Waals surface area contributed by atoms with Gasteiger partial charge in [0, 0.05) is 33.9 Å². The van der Waals surface area contributed by atoms with Crippen molar-refractivity contribution >= 4 is 29.9 Å². The van der Waals surface area contributed by atoms with Crippen molar-refractivity contribution in [2.45, 2.75) is 45.7 Å². The van der Waals surface area contributed by atoms with E-state index in [1.165, 1.54) is 12.8 Å². The minimum Gasteiger partial charge on any atom is -0.383 e. The molecule has 0 amide bonds. The van der Waals surface area contributed by atoms with E-state index >= 15 is 0 Å². The van der Waals surface area contributed by atoms with Gasteiger partial charge in [0.05, 0.1) is 12.6 Å². The zero-order valence-corrected chi connectivity index (χ0v) is 18.7. The summed E-state index contributed by atoms with van der Waals surface area (Å²) in [6.07, 6.45) is 3.44. The molecule has 1 saturated carbocycles. The van der Waals surface area contributed by atoms with Gasteiger partial charge in [-0.25, -0.2) is 4.99 Å². The van der Waals surface area contributed by atoms with Crippen molar-refractivity contribution < 1.29 is 9.47 Å². The highest BCUT2D eigenvalue weighted by Crippen LogP contribution is 2.32. The number of aliphatic imine (C=N–C) groups is 1. The number of halogens is 1. The number of nitrogens with zero attached hydrogens (tertiary/aromatic N) is 4. The lowest BCUT2D eigenvalue weighted by atomic mass is 10.2. The summed E-state index contributed by atoms with van der Waals surface area (Å²) >= 11 is 0. The monoisotopic (exact) mass is 480 g/mol. The van der Waals surface area contributed by atoms with E-state index in [1.807, 2.05) is 25.5 Å². The third-order valence-corrected chi connectivity index (χ3v) is 4.38. The van der Waals surface area contributed by atoms with Crippen LogP contribution in [0.3, 0.4) is 0 Å². The molecule has 0 bridgehead atoms. The molecular formula is C17H33IN6O2. The van der Waals surface area contributed by atoms with Gasteiger partial charge in [-0.05, 0) is 39.0 Å². The van der Waals surface area contributed by atoms with Gasteiger partial charge in [0.1, 0.15) is 12.4 Å². The van der Waals surface area contributed by atoms with Crippen molar-refractivity contribution in [3.8, 4) is 0 Å². The summed E-state index contributed by atoms with van der Waals surface area (Å²) in [6, 6.07) is 0.296. The Morgan fingerprint density at radius 1 is 1.38 bits per heavy atom. The van der Waals surface area contributed by atoms with Crippen LogP contribution in [-0.4, -0.2) is 60.2 Å². The van der Waals surface area contributed by atoms with Gasteiger partial charge in [0.15, 0.2) is 11.8 Å². The van der Waals surface area contributed by atoms with E-state index in [2.05, 4.69) is 20.8 Å². The van der Waals surface area contributed by atoms with E-state index in [0.29, 0.717) is 25.1 Å². The van der Waals surface area contributed by atoms with Crippen LogP contribution in [0.2, 0.25) is 0 Å². The molecule has 0 radical (unpaired) electrons. The molecule has 0 saturated heterocycles. The number of ether oxygens (including phenoxy) is 2. The first kappa shape index (κ1) is 23.1. The number of aryl methyl sites for hydroxylation is 1. The second-order valence-corrected chi connectivity index (χ2v) is 6.41. The lowest BCUT2D eigenvalue weighted by molar-refractivity contribution is 0.145. The third kappa shape index (κ3) is 7.75. The Hall–Kier alpha value is -0.940. The Morgan fingerprint density at radius 2 is 2.15 bits per heavy atom. The molecule has 0 aliphatic heterocycles. The standard InChI is InChI=1S/C17H32N6O2.HI/c1-5-25-10-6-9-18-17(20-15(12-24-4)14-7-8-14)19-11-16-22-21-13(2)23(16)3;/h14-15H,5-12H2,1-4H3,(H2,18,19,20);1H. The normalized spacial score (nSPS) is 15.5. The van der Waals surface area contributed by atoms with Gasteiger partial charge in [-0.2, -0.15) is 0 Å². The van der Waals surface area contributed by atoms with E-state index in [1.54, 1.807) is 7.11 Å². The summed E-state index contributed by atoms with van der Waals surface area (Å²) in [4.78, 5) is 4.69. The Kier molecular flexibility index (Phi) is 11.1. The van der Waals surface area contributed by atoms with Gasteiger partial charge in [0.25, 0.3) is 0 Å². The number of guanidine groups is 1. The molecule has 1 atom stereocenters. The van der Waals surface area contributed by atoms with Gasteiger partial charge in [-0.15, -0.1) is 34.2 Å². The molecule has 1 aromatic heterocycles.